The van der Waals surface area contributed by atoms with Gasteiger partial charge in [0, 0.05) is 13.3 Å². The first-order chi connectivity index (χ1) is 12.6. The Kier molecular flexibility index (Phi) is 5.05. The lowest BCUT2D eigenvalue weighted by Crippen LogP contribution is -2.46. The molecule has 0 aromatic carbocycles. The number of hydrogen-bond acceptors (Lipinski definition) is 7. The van der Waals surface area contributed by atoms with Crippen molar-refractivity contribution in [2.45, 2.75) is 50.6 Å². The molecule has 1 fully saturated rings. The monoisotopic (exact) mass is 390 g/mol. The van der Waals surface area contributed by atoms with Gasteiger partial charge in [0.05, 0.1) is 17.6 Å². The lowest BCUT2D eigenvalue weighted by Gasteiger charge is -2.31. The lowest BCUT2D eigenvalue weighted by atomic mass is 9.96. The van der Waals surface area contributed by atoms with Crippen LogP contribution in [-0.4, -0.2) is 64.3 Å². The molecule has 146 valence electrons. The molecule has 1 aliphatic rings. The second-order valence-electron chi connectivity index (χ2n) is 7.95. The molecular formula is C18H26N4O4Si. The second kappa shape index (κ2) is 6.89. The van der Waals surface area contributed by atoms with Gasteiger partial charge in [0.15, 0.2) is 6.23 Å². The Bertz CT molecular complexity index is 914. The van der Waals surface area contributed by atoms with Crippen LogP contribution in [0.2, 0.25) is 19.6 Å². The predicted molar refractivity (Wildman–Crippen MR) is 105 cm³/mol. The fraction of sp³-hybridized carbons (Fsp3) is 0.556. The second-order valence-corrected chi connectivity index (χ2v) is 12.7. The van der Waals surface area contributed by atoms with Crippen molar-refractivity contribution in [3.05, 3.63) is 18.1 Å². The van der Waals surface area contributed by atoms with Crippen LogP contribution in [0.25, 0.3) is 11.0 Å². The molecule has 0 radical (unpaired) electrons. The number of nitrogen functional groups attached to an aromatic ring is 1. The van der Waals surface area contributed by atoms with Crippen molar-refractivity contribution in [2.75, 3.05) is 19.5 Å². The summed E-state index contributed by atoms with van der Waals surface area (Å²) in [6.45, 7) is 7.88. The van der Waals surface area contributed by atoms with Crippen molar-refractivity contribution in [1.82, 2.24) is 14.5 Å². The Labute approximate surface area is 159 Å². The summed E-state index contributed by atoms with van der Waals surface area (Å²) in [4.78, 5) is 8.45. The van der Waals surface area contributed by atoms with E-state index in [1.807, 2.05) is 0 Å². The van der Waals surface area contributed by atoms with Gasteiger partial charge in [-0.05, 0) is 6.92 Å². The Morgan fingerprint density at radius 2 is 2.11 bits per heavy atom. The molecule has 2 unspecified atom stereocenters. The fourth-order valence-electron chi connectivity index (χ4n) is 3.23. The minimum Gasteiger partial charge on any atom is -0.394 e. The van der Waals surface area contributed by atoms with Gasteiger partial charge in [0.25, 0.3) is 0 Å². The van der Waals surface area contributed by atoms with Gasteiger partial charge in [-0.2, -0.15) is 0 Å². The van der Waals surface area contributed by atoms with Crippen molar-refractivity contribution in [3.63, 3.8) is 0 Å². The highest BCUT2D eigenvalue weighted by molar-refractivity contribution is 6.83. The first-order valence-electron chi connectivity index (χ1n) is 8.76. The molecule has 0 aliphatic carbocycles. The van der Waals surface area contributed by atoms with Crippen molar-refractivity contribution in [2.24, 2.45) is 0 Å². The molecule has 4 N–H and O–H groups in total. The number of hydrogen-bond donors (Lipinski definition) is 3. The van der Waals surface area contributed by atoms with Gasteiger partial charge in [-0.1, -0.05) is 25.6 Å². The molecule has 0 bridgehead atoms. The highest BCUT2D eigenvalue weighted by Gasteiger charge is 2.54. The van der Waals surface area contributed by atoms with E-state index in [-0.39, 0.29) is 6.61 Å². The summed E-state index contributed by atoms with van der Waals surface area (Å²) in [5.41, 5.74) is 9.60. The molecular weight excluding hydrogens is 364 g/mol. The summed E-state index contributed by atoms with van der Waals surface area (Å²) in [6.07, 6.45) is 0.688. The zero-order valence-corrected chi connectivity index (χ0v) is 17.2. The van der Waals surface area contributed by atoms with Gasteiger partial charge in [-0.25, -0.2) is 9.97 Å². The number of rotatable bonds is 3. The Morgan fingerprint density at radius 3 is 2.70 bits per heavy atom. The molecule has 2 aromatic heterocycles. The smallest absolute Gasteiger partial charge is 0.167 e. The van der Waals surface area contributed by atoms with E-state index in [4.69, 9.17) is 15.2 Å². The Hall–Kier alpha value is -1.96. The van der Waals surface area contributed by atoms with Crippen LogP contribution >= 0.6 is 0 Å². The van der Waals surface area contributed by atoms with Crippen LogP contribution < -0.4 is 5.73 Å². The summed E-state index contributed by atoms with van der Waals surface area (Å²) in [6, 6.07) is 0. The maximum Gasteiger partial charge on any atom is 0.167 e. The average molecular weight is 391 g/mol. The van der Waals surface area contributed by atoms with Crippen molar-refractivity contribution < 1.29 is 19.7 Å². The number of aliphatic hydroxyl groups excluding tert-OH is 2. The van der Waals surface area contributed by atoms with E-state index in [0.29, 0.717) is 22.4 Å². The molecule has 3 heterocycles. The zero-order valence-electron chi connectivity index (χ0n) is 16.2. The summed E-state index contributed by atoms with van der Waals surface area (Å²) >= 11 is 0. The number of fused-ring (bicyclic) bond motifs is 1. The van der Waals surface area contributed by atoms with E-state index < -0.39 is 32.1 Å². The highest BCUT2D eigenvalue weighted by Crippen LogP contribution is 2.42. The van der Waals surface area contributed by atoms with Crippen molar-refractivity contribution in [1.29, 1.82) is 0 Å². The van der Waals surface area contributed by atoms with Crippen LogP contribution in [0.5, 0.6) is 0 Å². The third-order valence-electron chi connectivity index (χ3n) is 4.82. The van der Waals surface area contributed by atoms with Gasteiger partial charge in [-0.3, -0.25) is 0 Å². The van der Waals surface area contributed by atoms with E-state index in [0.717, 1.165) is 0 Å². The maximum absolute atomic E-state index is 10.6. The Balaban J connectivity index is 2.21. The molecule has 0 saturated carbocycles. The minimum absolute atomic E-state index is 0.324. The van der Waals surface area contributed by atoms with E-state index >= 15 is 0 Å². The summed E-state index contributed by atoms with van der Waals surface area (Å²) < 4.78 is 13.3. The number of methoxy groups -OCH3 is 1. The normalized spacial score (nSPS) is 28.3. The summed E-state index contributed by atoms with van der Waals surface area (Å²) in [5, 5.41) is 20.8. The van der Waals surface area contributed by atoms with Crippen LogP contribution in [0, 0.1) is 11.5 Å². The van der Waals surface area contributed by atoms with Crippen molar-refractivity contribution >= 4 is 24.9 Å². The standard InChI is InChI=1S/C18H26N4O4Si/c1-18(25-2)14(24)12(9-23)26-17(18)22-8-11(6-7-27(3,4)5)13-15(19)20-10-21-16(13)22/h8,10,12,14,17,23-24H,9H2,1-5H3,(H2,19,20,21)/t12?,14?,17-,18-/m1/s1. The molecule has 9 heteroatoms. The molecule has 0 amide bonds. The number of nitrogens with zero attached hydrogens (tertiary/aromatic N) is 3. The van der Waals surface area contributed by atoms with Crippen LogP contribution in [0.4, 0.5) is 5.82 Å². The molecule has 0 spiro atoms. The molecule has 4 atom stereocenters. The number of ether oxygens (including phenoxy) is 2. The van der Waals surface area contributed by atoms with Gasteiger partial charge in [0.1, 0.15) is 43.7 Å². The van der Waals surface area contributed by atoms with Crippen LogP contribution in [0.3, 0.4) is 0 Å². The molecule has 1 aliphatic heterocycles. The molecule has 8 nitrogen and oxygen atoms in total. The minimum atomic E-state index is -1.61. The maximum atomic E-state index is 10.6. The van der Waals surface area contributed by atoms with Crippen LogP contribution in [0.1, 0.15) is 18.7 Å². The van der Waals surface area contributed by atoms with E-state index in [1.165, 1.54) is 13.4 Å². The first kappa shape index (κ1) is 19.8. The molecule has 3 rings (SSSR count). The predicted octanol–water partition coefficient (Wildman–Crippen LogP) is 0.898. The van der Waals surface area contributed by atoms with Gasteiger partial charge >= 0.3 is 0 Å². The van der Waals surface area contributed by atoms with Crippen LogP contribution in [-0.2, 0) is 9.47 Å². The first-order valence-corrected chi connectivity index (χ1v) is 12.3. The lowest BCUT2D eigenvalue weighted by molar-refractivity contribution is -0.118. The third kappa shape index (κ3) is 3.35. The number of nitrogens with two attached hydrogens (primary N) is 1. The van der Waals surface area contributed by atoms with Crippen molar-refractivity contribution in [3.8, 4) is 11.5 Å². The quantitative estimate of drug-likeness (QED) is 0.527. The van der Waals surface area contributed by atoms with Gasteiger partial charge < -0.3 is 30.0 Å². The molecule has 2 aromatic rings. The molecule has 1 saturated heterocycles. The number of aromatic nitrogens is 3. The Morgan fingerprint density at radius 1 is 1.41 bits per heavy atom. The summed E-state index contributed by atoms with van der Waals surface area (Å²) in [5.74, 6) is 3.55. The number of anilines is 1. The SMILES string of the molecule is CO[C@]1(C)C(O)C(CO)O[C@H]1n1cc(C#C[Si](C)(C)C)c2c(N)ncnc21. The topological polar surface area (TPSA) is 116 Å². The van der Waals surface area contributed by atoms with E-state index in [9.17, 15) is 10.2 Å². The number of aliphatic hydroxyl groups is 2. The van der Waals surface area contributed by atoms with E-state index in [2.05, 4.69) is 41.1 Å². The summed E-state index contributed by atoms with van der Waals surface area (Å²) in [7, 11) is -0.111. The van der Waals surface area contributed by atoms with Crippen LogP contribution in [0.15, 0.2) is 12.5 Å². The average Bonchev–Trinajstić information content (AvgIpc) is 3.10. The van der Waals surface area contributed by atoms with Gasteiger partial charge in [0.2, 0.25) is 0 Å². The van der Waals surface area contributed by atoms with Gasteiger partial charge in [-0.15, -0.1) is 5.54 Å². The third-order valence-corrected chi connectivity index (χ3v) is 5.69. The molecule has 27 heavy (non-hydrogen) atoms. The fourth-order valence-corrected chi connectivity index (χ4v) is 3.74. The highest BCUT2D eigenvalue weighted by atomic mass is 28.3. The zero-order chi connectivity index (χ0) is 20.0. The largest absolute Gasteiger partial charge is 0.394 e. The van der Waals surface area contributed by atoms with E-state index in [1.54, 1.807) is 17.7 Å².